The smallest absolute Gasteiger partial charge is 0.132 e. The van der Waals surface area contributed by atoms with Gasteiger partial charge in [0.15, 0.2) is 0 Å². The maximum atomic E-state index is 4.54. The van der Waals surface area contributed by atoms with Crippen LogP contribution in [-0.2, 0) is 6.54 Å². The Balaban J connectivity index is 1.66. The maximum absolute atomic E-state index is 4.54. The second-order valence-corrected chi connectivity index (χ2v) is 6.44. The van der Waals surface area contributed by atoms with Crippen LogP contribution >= 0.6 is 0 Å². The molecule has 0 radical (unpaired) electrons. The Labute approximate surface area is 138 Å². The zero-order valence-electron chi connectivity index (χ0n) is 14.1. The lowest BCUT2D eigenvalue weighted by Crippen LogP contribution is -2.23. The Morgan fingerprint density at radius 2 is 1.74 bits per heavy atom. The molecule has 0 amide bonds. The van der Waals surface area contributed by atoms with E-state index in [9.17, 15) is 0 Å². The van der Waals surface area contributed by atoms with E-state index in [2.05, 4.69) is 51.8 Å². The Bertz CT molecular complexity index is 648. The Kier molecular flexibility index (Phi) is 5.11. The number of rotatable bonds is 5. The molecule has 1 aromatic carbocycles. The average Bonchev–Trinajstić information content (AvgIpc) is 2.54. The van der Waals surface area contributed by atoms with Crippen LogP contribution in [0.15, 0.2) is 30.3 Å². The normalized spacial score (nSPS) is 15.4. The number of anilines is 2. The molecular weight excluding hydrogens is 284 g/mol. The van der Waals surface area contributed by atoms with Crippen LogP contribution in [0.3, 0.4) is 0 Å². The van der Waals surface area contributed by atoms with Crippen molar-refractivity contribution in [3.05, 3.63) is 47.3 Å². The lowest BCUT2D eigenvalue weighted by atomic mass is 9.95. The van der Waals surface area contributed by atoms with Gasteiger partial charge in [0, 0.05) is 18.7 Å². The third-order valence-electron chi connectivity index (χ3n) is 4.52. The minimum absolute atomic E-state index is 0.558. The first kappa shape index (κ1) is 15.8. The van der Waals surface area contributed by atoms with Crippen molar-refractivity contribution in [1.29, 1.82) is 0 Å². The van der Waals surface area contributed by atoms with Crippen molar-refractivity contribution in [1.82, 2.24) is 9.97 Å². The molecule has 122 valence electrons. The summed E-state index contributed by atoms with van der Waals surface area (Å²) in [7, 11) is 0. The number of benzene rings is 1. The van der Waals surface area contributed by atoms with Gasteiger partial charge in [-0.25, -0.2) is 9.97 Å². The molecule has 0 saturated heterocycles. The molecule has 2 N–H and O–H groups in total. The lowest BCUT2D eigenvalue weighted by molar-refractivity contribution is 0.462. The monoisotopic (exact) mass is 310 g/mol. The summed E-state index contributed by atoms with van der Waals surface area (Å²) in [5.41, 5.74) is 2.59. The number of aromatic nitrogens is 2. The van der Waals surface area contributed by atoms with Gasteiger partial charge in [-0.1, -0.05) is 43.5 Å². The van der Waals surface area contributed by atoms with Crippen LogP contribution < -0.4 is 10.6 Å². The highest BCUT2D eigenvalue weighted by Crippen LogP contribution is 2.22. The highest BCUT2D eigenvalue weighted by Gasteiger charge is 2.14. The molecule has 1 aliphatic rings. The molecule has 1 fully saturated rings. The van der Waals surface area contributed by atoms with Gasteiger partial charge in [0.25, 0.3) is 0 Å². The Morgan fingerprint density at radius 3 is 2.52 bits per heavy atom. The van der Waals surface area contributed by atoms with E-state index < -0.39 is 0 Å². The van der Waals surface area contributed by atoms with Crippen molar-refractivity contribution in [3.8, 4) is 0 Å². The van der Waals surface area contributed by atoms with Gasteiger partial charge < -0.3 is 10.6 Å². The van der Waals surface area contributed by atoms with E-state index in [0.29, 0.717) is 6.04 Å². The summed E-state index contributed by atoms with van der Waals surface area (Å²) in [5.74, 6) is 2.63. The standard InChI is InChI=1S/C19H26N4/c1-14-8-6-7-9-16(14)13-20-18-12-19(22-15(2)21-18)23-17-10-4-3-5-11-17/h6-9,12,17H,3-5,10-11,13H2,1-2H3,(H2,20,21,22,23). The van der Waals surface area contributed by atoms with Gasteiger partial charge in [-0.05, 0) is 37.8 Å². The molecule has 1 heterocycles. The third kappa shape index (κ3) is 4.44. The van der Waals surface area contributed by atoms with E-state index in [0.717, 1.165) is 24.0 Å². The molecule has 0 bridgehead atoms. The average molecular weight is 310 g/mol. The minimum atomic E-state index is 0.558. The van der Waals surface area contributed by atoms with Crippen LogP contribution in [0, 0.1) is 13.8 Å². The molecule has 0 atom stereocenters. The first-order valence-electron chi connectivity index (χ1n) is 8.61. The number of aryl methyl sites for hydroxylation is 2. The molecule has 23 heavy (non-hydrogen) atoms. The molecule has 0 spiro atoms. The molecule has 1 saturated carbocycles. The predicted octanol–water partition coefficient (Wildman–Crippen LogP) is 4.45. The topological polar surface area (TPSA) is 49.8 Å². The number of nitrogens with zero attached hydrogens (tertiary/aromatic N) is 2. The number of nitrogens with one attached hydrogen (secondary N) is 2. The maximum Gasteiger partial charge on any atom is 0.132 e. The van der Waals surface area contributed by atoms with Crippen molar-refractivity contribution in [2.24, 2.45) is 0 Å². The first-order valence-corrected chi connectivity index (χ1v) is 8.61. The Morgan fingerprint density at radius 1 is 1.00 bits per heavy atom. The highest BCUT2D eigenvalue weighted by atomic mass is 15.1. The van der Waals surface area contributed by atoms with E-state index in [4.69, 9.17) is 0 Å². The first-order chi connectivity index (χ1) is 11.2. The summed E-state index contributed by atoms with van der Waals surface area (Å²) in [6.45, 7) is 4.87. The van der Waals surface area contributed by atoms with Crippen LogP contribution in [-0.4, -0.2) is 16.0 Å². The molecule has 0 aliphatic heterocycles. The third-order valence-corrected chi connectivity index (χ3v) is 4.52. The summed E-state index contributed by atoms with van der Waals surface area (Å²) in [4.78, 5) is 9.05. The van der Waals surface area contributed by atoms with Crippen LogP contribution in [0.1, 0.15) is 49.1 Å². The van der Waals surface area contributed by atoms with E-state index in [1.54, 1.807) is 0 Å². The summed E-state index contributed by atoms with van der Waals surface area (Å²) >= 11 is 0. The van der Waals surface area contributed by atoms with E-state index >= 15 is 0 Å². The fourth-order valence-electron chi connectivity index (χ4n) is 3.18. The molecule has 4 nitrogen and oxygen atoms in total. The van der Waals surface area contributed by atoms with Gasteiger partial charge >= 0.3 is 0 Å². The summed E-state index contributed by atoms with van der Waals surface area (Å²) < 4.78 is 0. The van der Waals surface area contributed by atoms with Gasteiger partial charge in [0.1, 0.15) is 17.5 Å². The predicted molar refractivity (Wildman–Crippen MR) is 95.8 cm³/mol. The highest BCUT2D eigenvalue weighted by molar-refractivity contribution is 5.48. The van der Waals surface area contributed by atoms with Crippen molar-refractivity contribution in [2.45, 2.75) is 58.5 Å². The van der Waals surface area contributed by atoms with Gasteiger partial charge in [0.2, 0.25) is 0 Å². The van der Waals surface area contributed by atoms with E-state index in [1.165, 1.54) is 43.2 Å². The second-order valence-electron chi connectivity index (χ2n) is 6.44. The van der Waals surface area contributed by atoms with Crippen LogP contribution in [0.5, 0.6) is 0 Å². The molecular formula is C19H26N4. The minimum Gasteiger partial charge on any atom is -0.367 e. The van der Waals surface area contributed by atoms with Gasteiger partial charge in [-0.15, -0.1) is 0 Å². The molecule has 1 aromatic heterocycles. The number of hydrogen-bond acceptors (Lipinski definition) is 4. The summed E-state index contributed by atoms with van der Waals surface area (Å²) in [6, 6.07) is 11.0. The van der Waals surface area contributed by atoms with Crippen LogP contribution in [0.25, 0.3) is 0 Å². The zero-order chi connectivity index (χ0) is 16.1. The van der Waals surface area contributed by atoms with Crippen molar-refractivity contribution in [3.63, 3.8) is 0 Å². The summed E-state index contributed by atoms with van der Waals surface area (Å²) in [6.07, 6.45) is 6.49. The van der Waals surface area contributed by atoms with E-state index in [-0.39, 0.29) is 0 Å². The summed E-state index contributed by atoms with van der Waals surface area (Å²) in [5, 5.41) is 7.01. The van der Waals surface area contributed by atoms with E-state index in [1.807, 2.05) is 13.0 Å². The zero-order valence-corrected chi connectivity index (χ0v) is 14.1. The van der Waals surface area contributed by atoms with Crippen molar-refractivity contribution >= 4 is 11.6 Å². The molecule has 2 aromatic rings. The van der Waals surface area contributed by atoms with Gasteiger partial charge in [0.05, 0.1) is 0 Å². The Hall–Kier alpha value is -2.10. The fraction of sp³-hybridized carbons (Fsp3) is 0.474. The van der Waals surface area contributed by atoms with Crippen molar-refractivity contribution in [2.75, 3.05) is 10.6 Å². The SMILES string of the molecule is Cc1nc(NCc2ccccc2C)cc(NC2CCCCC2)n1. The lowest BCUT2D eigenvalue weighted by Gasteiger charge is -2.23. The van der Waals surface area contributed by atoms with Crippen LogP contribution in [0.4, 0.5) is 11.6 Å². The largest absolute Gasteiger partial charge is 0.367 e. The second kappa shape index (κ2) is 7.44. The fourth-order valence-corrected chi connectivity index (χ4v) is 3.18. The molecule has 1 aliphatic carbocycles. The van der Waals surface area contributed by atoms with Crippen LogP contribution in [0.2, 0.25) is 0 Å². The quantitative estimate of drug-likeness (QED) is 0.856. The molecule has 3 rings (SSSR count). The molecule has 4 heteroatoms. The van der Waals surface area contributed by atoms with Crippen molar-refractivity contribution < 1.29 is 0 Å². The van der Waals surface area contributed by atoms with Gasteiger partial charge in [-0.2, -0.15) is 0 Å². The molecule has 0 unspecified atom stereocenters. The number of hydrogen-bond donors (Lipinski definition) is 2. The van der Waals surface area contributed by atoms with Gasteiger partial charge in [-0.3, -0.25) is 0 Å².